The summed E-state index contributed by atoms with van der Waals surface area (Å²) in [7, 11) is 0. The lowest BCUT2D eigenvalue weighted by Crippen LogP contribution is -2.38. The first-order valence-electron chi connectivity index (χ1n) is 8.79. The Morgan fingerprint density at radius 3 is 2.64 bits per heavy atom. The Morgan fingerprint density at radius 1 is 1.08 bits per heavy atom. The minimum atomic E-state index is -0.526. The average Bonchev–Trinajstić information content (AvgIpc) is 2.68. The van der Waals surface area contributed by atoms with Crippen molar-refractivity contribution in [3.8, 4) is 11.3 Å². The molecule has 1 aliphatic rings. The van der Waals surface area contributed by atoms with Crippen molar-refractivity contribution >= 4 is 26.8 Å². The van der Waals surface area contributed by atoms with Gasteiger partial charge in [0.2, 0.25) is 0 Å². The second kappa shape index (κ2) is 7.24. The molecule has 25 heavy (non-hydrogen) atoms. The molecule has 0 bridgehead atoms. The van der Waals surface area contributed by atoms with E-state index < -0.39 is 6.10 Å². The summed E-state index contributed by atoms with van der Waals surface area (Å²) in [6.07, 6.45) is 2.83. The SMILES string of the molecule is OC(c1cc(-c2ccc(Br)cc2)nc2ccccc12)C1CCCCN1. The topological polar surface area (TPSA) is 45.2 Å². The van der Waals surface area contributed by atoms with E-state index in [0.717, 1.165) is 51.6 Å². The zero-order valence-corrected chi connectivity index (χ0v) is 15.5. The normalized spacial score (nSPS) is 19.0. The fourth-order valence-corrected chi connectivity index (χ4v) is 3.84. The zero-order chi connectivity index (χ0) is 17.2. The lowest BCUT2D eigenvalue weighted by molar-refractivity contribution is 0.115. The van der Waals surface area contributed by atoms with Gasteiger partial charge >= 0.3 is 0 Å². The van der Waals surface area contributed by atoms with Crippen molar-refractivity contribution in [3.05, 3.63) is 64.6 Å². The molecule has 128 valence electrons. The maximum Gasteiger partial charge on any atom is 0.0950 e. The number of hydrogen-bond acceptors (Lipinski definition) is 3. The number of aromatic nitrogens is 1. The minimum absolute atomic E-state index is 0.109. The molecular formula is C21H21BrN2O. The third-order valence-electron chi connectivity index (χ3n) is 4.94. The van der Waals surface area contributed by atoms with Crippen LogP contribution < -0.4 is 5.32 Å². The smallest absolute Gasteiger partial charge is 0.0950 e. The van der Waals surface area contributed by atoms with Gasteiger partial charge in [-0.2, -0.15) is 0 Å². The van der Waals surface area contributed by atoms with Crippen molar-refractivity contribution in [2.24, 2.45) is 0 Å². The first kappa shape index (κ1) is 16.7. The number of para-hydroxylation sites is 1. The van der Waals surface area contributed by atoms with Crippen molar-refractivity contribution in [1.82, 2.24) is 10.3 Å². The van der Waals surface area contributed by atoms with Crippen LogP contribution in [0.3, 0.4) is 0 Å². The largest absolute Gasteiger partial charge is 0.387 e. The maximum absolute atomic E-state index is 11.1. The first-order valence-corrected chi connectivity index (χ1v) is 9.59. The van der Waals surface area contributed by atoms with Gasteiger partial charge in [0, 0.05) is 21.5 Å². The van der Waals surface area contributed by atoms with E-state index in [4.69, 9.17) is 4.98 Å². The minimum Gasteiger partial charge on any atom is -0.387 e. The van der Waals surface area contributed by atoms with E-state index in [9.17, 15) is 5.11 Å². The van der Waals surface area contributed by atoms with E-state index in [1.807, 2.05) is 36.4 Å². The Morgan fingerprint density at radius 2 is 1.88 bits per heavy atom. The van der Waals surface area contributed by atoms with Gasteiger partial charge in [-0.05, 0) is 49.2 Å². The van der Waals surface area contributed by atoms with Crippen LogP contribution in [-0.2, 0) is 0 Å². The third-order valence-corrected chi connectivity index (χ3v) is 5.47. The number of nitrogens with one attached hydrogen (secondary N) is 1. The number of piperidine rings is 1. The number of aliphatic hydroxyl groups is 1. The van der Waals surface area contributed by atoms with Crippen LogP contribution in [0.2, 0.25) is 0 Å². The van der Waals surface area contributed by atoms with Crippen molar-refractivity contribution in [2.45, 2.75) is 31.4 Å². The van der Waals surface area contributed by atoms with Crippen LogP contribution in [0.5, 0.6) is 0 Å². The Bertz CT molecular complexity index is 873. The Labute approximate surface area is 156 Å². The van der Waals surface area contributed by atoms with E-state index >= 15 is 0 Å². The van der Waals surface area contributed by atoms with Crippen molar-refractivity contribution in [2.75, 3.05) is 6.54 Å². The molecule has 3 aromatic rings. The van der Waals surface area contributed by atoms with Gasteiger partial charge in [0.05, 0.1) is 17.3 Å². The van der Waals surface area contributed by atoms with Crippen molar-refractivity contribution < 1.29 is 5.11 Å². The van der Waals surface area contributed by atoms with Gasteiger partial charge in [0.15, 0.2) is 0 Å². The lowest BCUT2D eigenvalue weighted by atomic mass is 9.92. The molecule has 2 aromatic carbocycles. The molecule has 2 heterocycles. The van der Waals surface area contributed by atoms with E-state index in [-0.39, 0.29) is 6.04 Å². The summed E-state index contributed by atoms with van der Waals surface area (Å²) in [4.78, 5) is 4.82. The number of rotatable bonds is 3. The van der Waals surface area contributed by atoms with E-state index in [0.29, 0.717) is 0 Å². The van der Waals surface area contributed by atoms with Crippen LogP contribution in [0.1, 0.15) is 30.9 Å². The number of aliphatic hydroxyl groups excluding tert-OH is 1. The first-order chi connectivity index (χ1) is 12.2. The molecule has 0 spiro atoms. The van der Waals surface area contributed by atoms with Crippen molar-refractivity contribution in [1.29, 1.82) is 0 Å². The summed E-state index contributed by atoms with van der Waals surface area (Å²) in [6.45, 7) is 0.977. The van der Waals surface area contributed by atoms with E-state index in [1.165, 1.54) is 6.42 Å². The predicted molar refractivity (Wildman–Crippen MR) is 105 cm³/mol. The van der Waals surface area contributed by atoms with Gasteiger partial charge in [-0.1, -0.05) is 52.7 Å². The summed E-state index contributed by atoms with van der Waals surface area (Å²) in [6, 6.07) is 18.4. The Hall–Kier alpha value is -1.75. The fourth-order valence-electron chi connectivity index (χ4n) is 3.58. The molecular weight excluding hydrogens is 376 g/mol. The number of pyridine rings is 1. The molecule has 0 saturated carbocycles. The number of halogens is 1. The summed E-state index contributed by atoms with van der Waals surface area (Å²) in [5.41, 5.74) is 3.84. The molecule has 2 N–H and O–H groups in total. The standard InChI is InChI=1S/C21H21BrN2O/c22-15-10-8-14(9-11-15)20-13-17(16-5-1-2-6-18(16)24-20)21(25)19-7-3-4-12-23-19/h1-2,5-6,8-11,13,19,21,23,25H,3-4,7,12H2. The van der Waals surface area contributed by atoms with Crippen LogP contribution in [0.4, 0.5) is 0 Å². The van der Waals surface area contributed by atoms with Crippen LogP contribution in [0.15, 0.2) is 59.1 Å². The number of fused-ring (bicyclic) bond motifs is 1. The summed E-state index contributed by atoms with van der Waals surface area (Å²) >= 11 is 3.48. The molecule has 1 fully saturated rings. The predicted octanol–water partition coefficient (Wildman–Crippen LogP) is 4.84. The molecule has 2 unspecified atom stereocenters. The summed E-state index contributed by atoms with van der Waals surface area (Å²) in [5.74, 6) is 0. The van der Waals surface area contributed by atoms with Gasteiger partial charge in [-0.3, -0.25) is 0 Å². The molecule has 1 aliphatic heterocycles. The zero-order valence-electron chi connectivity index (χ0n) is 14.0. The quantitative estimate of drug-likeness (QED) is 0.665. The third kappa shape index (κ3) is 3.47. The fraction of sp³-hybridized carbons (Fsp3) is 0.286. The number of benzene rings is 2. The monoisotopic (exact) mass is 396 g/mol. The van der Waals surface area contributed by atoms with E-state index in [1.54, 1.807) is 0 Å². The second-order valence-corrected chi connectivity index (χ2v) is 7.54. The van der Waals surface area contributed by atoms with E-state index in [2.05, 4.69) is 39.4 Å². The molecule has 1 saturated heterocycles. The molecule has 0 amide bonds. The molecule has 3 nitrogen and oxygen atoms in total. The number of nitrogens with zero attached hydrogens (tertiary/aromatic N) is 1. The lowest BCUT2D eigenvalue weighted by Gasteiger charge is -2.29. The maximum atomic E-state index is 11.1. The average molecular weight is 397 g/mol. The van der Waals surface area contributed by atoms with Crippen LogP contribution in [0, 0.1) is 0 Å². The molecule has 4 heteroatoms. The van der Waals surface area contributed by atoms with Gasteiger partial charge in [-0.15, -0.1) is 0 Å². The molecule has 1 aromatic heterocycles. The highest BCUT2D eigenvalue weighted by molar-refractivity contribution is 9.10. The van der Waals surface area contributed by atoms with Crippen LogP contribution in [-0.4, -0.2) is 22.7 Å². The second-order valence-electron chi connectivity index (χ2n) is 6.62. The van der Waals surface area contributed by atoms with Gasteiger partial charge in [0.1, 0.15) is 0 Å². The van der Waals surface area contributed by atoms with Crippen molar-refractivity contribution in [3.63, 3.8) is 0 Å². The Kier molecular flexibility index (Phi) is 4.84. The summed E-state index contributed by atoms with van der Waals surface area (Å²) in [5, 5.41) is 15.6. The van der Waals surface area contributed by atoms with Gasteiger partial charge < -0.3 is 10.4 Å². The van der Waals surface area contributed by atoms with Gasteiger partial charge in [0.25, 0.3) is 0 Å². The highest BCUT2D eigenvalue weighted by atomic mass is 79.9. The summed E-state index contributed by atoms with van der Waals surface area (Å²) < 4.78 is 1.05. The highest BCUT2D eigenvalue weighted by Crippen LogP contribution is 2.32. The van der Waals surface area contributed by atoms with Crippen LogP contribution >= 0.6 is 15.9 Å². The molecule has 2 atom stereocenters. The Balaban J connectivity index is 1.82. The number of hydrogen-bond donors (Lipinski definition) is 2. The van der Waals surface area contributed by atoms with Crippen LogP contribution in [0.25, 0.3) is 22.2 Å². The molecule has 0 aliphatic carbocycles. The molecule has 4 rings (SSSR count). The van der Waals surface area contributed by atoms with Gasteiger partial charge in [-0.25, -0.2) is 4.98 Å². The molecule has 0 radical (unpaired) electrons. The highest BCUT2D eigenvalue weighted by Gasteiger charge is 2.25.